The summed E-state index contributed by atoms with van der Waals surface area (Å²) in [5.41, 5.74) is 6.24. The van der Waals surface area contributed by atoms with E-state index in [2.05, 4.69) is 28.9 Å². The van der Waals surface area contributed by atoms with Crippen molar-refractivity contribution in [3.63, 3.8) is 0 Å². The number of rotatable bonds is 3. The summed E-state index contributed by atoms with van der Waals surface area (Å²) in [5, 5.41) is 4.03. The van der Waals surface area contributed by atoms with E-state index in [0.717, 1.165) is 37.3 Å². The summed E-state index contributed by atoms with van der Waals surface area (Å²) in [6.07, 6.45) is 3.80. The van der Waals surface area contributed by atoms with Crippen molar-refractivity contribution >= 4 is 12.4 Å². The summed E-state index contributed by atoms with van der Waals surface area (Å²) in [7, 11) is 0. The van der Waals surface area contributed by atoms with Gasteiger partial charge in [0.05, 0.1) is 6.54 Å². The first-order chi connectivity index (χ1) is 9.13. The quantitative estimate of drug-likeness (QED) is 0.926. The largest absolute Gasteiger partial charge is 0.338 e. The third-order valence-electron chi connectivity index (χ3n) is 4.59. The molecule has 1 aromatic rings. The van der Waals surface area contributed by atoms with E-state index in [1.807, 2.05) is 0 Å². The van der Waals surface area contributed by atoms with Gasteiger partial charge in [-0.2, -0.15) is 4.98 Å². The van der Waals surface area contributed by atoms with Crippen molar-refractivity contribution in [2.75, 3.05) is 13.1 Å². The molecule has 114 valence electrons. The molecule has 0 aromatic carbocycles. The van der Waals surface area contributed by atoms with E-state index >= 15 is 0 Å². The number of fused-ring (bicyclic) bond motifs is 1. The van der Waals surface area contributed by atoms with Gasteiger partial charge < -0.3 is 10.3 Å². The van der Waals surface area contributed by atoms with Gasteiger partial charge in [-0.05, 0) is 24.7 Å². The molecule has 1 aliphatic carbocycles. The Labute approximate surface area is 126 Å². The summed E-state index contributed by atoms with van der Waals surface area (Å²) in [6, 6.07) is 0.387. The summed E-state index contributed by atoms with van der Waals surface area (Å²) in [6.45, 7) is 7.17. The molecule has 3 rings (SSSR count). The lowest BCUT2D eigenvalue weighted by molar-refractivity contribution is 0.252. The lowest BCUT2D eigenvalue weighted by atomic mass is 9.78. The molecule has 5 nitrogen and oxygen atoms in total. The minimum atomic E-state index is 0. The Balaban J connectivity index is 0.00000147. The second kappa shape index (κ2) is 6.41. The average Bonchev–Trinajstić information content (AvgIpc) is 2.96. The fourth-order valence-electron chi connectivity index (χ4n) is 3.50. The number of hydrogen-bond donors (Lipinski definition) is 1. The maximum atomic E-state index is 6.24. The van der Waals surface area contributed by atoms with E-state index in [9.17, 15) is 0 Å². The lowest BCUT2D eigenvalue weighted by Gasteiger charge is -2.29. The lowest BCUT2D eigenvalue weighted by Crippen LogP contribution is -2.38. The highest BCUT2D eigenvalue weighted by Crippen LogP contribution is 2.35. The smallest absolute Gasteiger partial charge is 0.240 e. The van der Waals surface area contributed by atoms with Crippen LogP contribution < -0.4 is 5.73 Å². The first kappa shape index (κ1) is 15.7. The van der Waals surface area contributed by atoms with E-state index in [1.165, 1.54) is 19.3 Å². The molecule has 2 heterocycles. The van der Waals surface area contributed by atoms with Gasteiger partial charge in [-0.3, -0.25) is 4.90 Å². The van der Waals surface area contributed by atoms with Crippen LogP contribution in [0.15, 0.2) is 4.52 Å². The highest BCUT2D eigenvalue weighted by Gasteiger charge is 2.38. The number of nitrogens with two attached hydrogens (primary N) is 1. The molecule has 0 radical (unpaired) electrons. The van der Waals surface area contributed by atoms with Crippen molar-refractivity contribution in [3.05, 3.63) is 11.7 Å². The molecule has 1 aliphatic heterocycles. The predicted molar refractivity (Wildman–Crippen MR) is 79.7 cm³/mol. The van der Waals surface area contributed by atoms with Gasteiger partial charge in [0.15, 0.2) is 5.82 Å². The van der Waals surface area contributed by atoms with E-state index in [0.29, 0.717) is 17.9 Å². The first-order valence-electron chi connectivity index (χ1n) is 7.44. The molecule has 2 fully saturated rings. The number of nitrogens with zero attached hydrogens (tertiary/aromatic N) is 3. The van der Waals surface area contributed by atoms with Crippen LogP contribution >= 0.6 is 12.4 Å². The molecule has 3 atom stereocenters. The molecule has 1 saturated heterocycles. The van der Waals surface area contributed by atoms with Gasteiger partial charge in [-0.1, -0.05) is 25.4 Å². The molecule has 6 heteroatoms. The molecule has 0 spiro atoms. The van der Waals surface area contributed by atoms with Crippen LogP contribution in [-0.2, 0) is 6.54 Å². The molecular weight excluding hydrogens is 276 g/mol. The Morgan fingerprint density at radius 2 is 2.15 bits per heavy atom. The van der Waals surface area contributed by atoms with Gasteiger partial charge in [0.25, 0.3) is 0 Å². The summed E-state index contributed by atoms with van der Waals surface area (Å²) >= 11 is 0. The third kappa shape index (κ3) is 3.15. The molecule has 2 N–H and O–H groups in total. The van der Waals surface area contributed by atoms with E-state index in [1.54, 1.807) is 0 Å². The highest BCUT2D eigenvalue weighted by atomic mass is 35.5. The van der Waals surface area contributed by atoms with Crippen molar-refractivity contribution in [2.45, 2.75) is 51.6 Å². The monoisotopic (exact) mass is 300 g/mol. The predicted octanol–water partition coefficient (Wildman–Crippen LogP) is 2.17. The Kier molecular flexibility index (Phi) is 5.04. The Morgan fingerprint density at radius 1 is 1.35 bits per heavy atom. The van der Waals surface area contributed by atoms with Gasteiger partial charge in [0, 0.05) is 25.0 Å². The number of aromatic nitrogens is 2. The zero-order valence-corrected chi connectivity index (χ0v) is 13.1. The van der Waals surface area contributed by atoms with Crippen molar-refractivity contribution in [3.8, 4) is 0 Å². The van der Waals surface area contributed by atoms with Crippen LogP contribution in [0.1, 0.15) is 50.7 Å². The molecule has 1 saturated carbocycles. The van der Waals surface area contributed by atoms with Crippen LogP contribution in [0, 0.1) is 11.8 Å². The van der Waals surface area contributed by atoms with Crippen LogP contribution in [0.2, 0.25) is 0 Å². The second-order valence-corrected chi connectivity index (χ2v) is 6.41. The van der Waals surface area contributed by atoms with Gasteiger partial charge in [-0.25, -0.2) is 0 Å². The van der Waals surface area contributed by atoms with Crippen LogP contribution in [0.3, 0.4) is 0 Å². The summed E-state index contributed by atoms with van der Waals surface area (Å²) < 4.78 is 5.33. The molecule has 1 aromatic heterocycles. The van der Waals surface area contributed by atoms with Crippen LogP contribution in [0.4, 0.5) is 0 Å². The zero-order valence-electron chi connectivity index (χ0n) is 12.3. The zero-order chi connectivity index (χ0) is 13.4. The van der Waals surface area contributed by atoms with Crippen LogP contribution in [-0.4, -0.2) is 34.2 Å². The highest BCUT2D eigenvalue weighted by molar-refractivity contribution is 5.85. The van der Waals surface area contributed by atoms with Gasteiger partial charge in [-0.15, -0.1) is 12.4 Å². The fraction of sp³-hybridized carbons (Fsp3) is 0.857. The summed E-state index contributed by atoms with van der Waals surface area (Å²) in [5.74, 6) is 3.32. The standard InChI is InChI=1S/C14H24N4O.ClH/c1-9(2)14-16-13(19-17-14)8-18-6-10-4-3-5-12(15)11(10)7-18;/h9-12H,3-8,15H2,1-2H3;1H. The minimum Gasteiger partial charge on any atom is -0.338 e. The molecule has 20 heavy (non-hydrogen) atoms. The van der Waals surface area contributed by atoms with Crippen molar-refractivity contribution < 1.29 is 4.52 Å². The fourth-order valence-corrected chi connectivity index (χ4v) is 3.50. The van der Waals surface area contributed by atoms with Gasteiger partial charge in [0.1, 0.15) is 0 Å². The molecule has 0 amide bonds. The SMILES string of the molecule is CC(C)c1noc(CN2CC3CCCC(N)C3C2)n1.Cl. The Hall–Kier alpha value is -0.650. The van der Waals surface area contributed by atoms with Gasteiger partial charge in [0.2, 0.25) is 5.89 Å². The molecular formula is C14H25ClN4O. The average molecular weight is 301 g/mol. The third-order valence-corrected chi connectivity index (χ3v) is 4.59. The first-order valence-corrected chi connectivity index (χ1v) is 7.44. The molecule has 2 aliphatic rings. The van der Waals surface area contributed by atoms with E-state index in [-0.39, 0.29) is 12.4 Å². The Bertz CT molecular complexity index is 437. The number of halogens is 1. The van der Waals surface area contributed by atoms with E-state index in [4.69, 9.17) is 10.3 Å². The number of hydrogen-bond acceptors (Lipinski definition) is 5. The van der Waals surface area contributed by atoms with Crippen LogP contribution in [0.5, 0.6) is 0 Å². The van der Waals surface area contributed by atoms with Crippen molar-refractivity contribution in [1.82, 2.24) is 15.0 Å². The number of likely N-dealkylation sites (tertiary alicyclic amines) is 1. The maximum Gasteiger partial charge on any atom is 0.240 e. The Morgan fingerprint density at radius 3 is 2.80 bits per heavy atom. The van der Waals surface area contributed by atoms with Gasteiger partial charge >= 0.3 is 0 Å². The van der Waals surface area contributed by atoms with Crippen LogP contribution in [0.25, 0.3) is 0 Å². The minimum absolute atomic E-state index is 0. The molecule has 0 bridgehead atoms. The normalized spacial score (nSPS) is 30.3. The van der Waals surface area contributed by atoms with Crippen molar-refractivity contribution in [2.24, 2.45) is 17.6 Å². The van der Waals surface area contributed by atoms with E-state index < -0.39 is 0 Å². The summed E-state index contributed by atoms with van der Waals surface area (Å²) in [4.78, 5) is 6.89. The van der Waals surface area contributed by atoms with Crippen molar-refractivity contribution in [1.29, 1.82) is 0 Å². The second-order valence-electron chi connectivity index (χ2n) is 6.41. The molecule has 3 unspecified atom stereocenters. The maximum absolute atomic E-state index is 6.24. The topological polar surface area (TPSA) is 68.2 Å².